The van der Waals surface area contributed by atoms with Gasteiger partial charge in [-0.3, -0.25) is 4.79 Å². The Bertz CT molecular complexity index is 868. The Morgan fingerprint density at radius 3 is 2.91 bits per heavy atom. The maximum absolute atomic E-state index is 12.2. The van der Waals surface area contributed by atoms with Crippen molar-refractivity contribution in [2.45, 2.75) is 31.7 Å². The van der Waals surface area contributed by atoms with Gasteiger partial charge in [-0.15, -0.1) is 11.3 Å². The fraction of sp³-hybridized carbons (Fsp3) is 0.467. The lowest BCUT2D eigenvalue weighted by molar-refractivity contribution is -0.116. The Morgan fingerprint density at radius 2 is 2.26 bits per heavy atom. The Balaban J connectivity index is 1.81. The van der Waals surface area contributed by atoms with Gasteiger partial charge in [0.25, 0.3) is 0 Å². The van der Waals surface area contributed by atoms with E-state index in [9.17, 15) is 13.2 Å². The smallest absolute Gasteiger partial charge is 0.226 e. The lowest BCUT2D eigenvalue weighted by Gasteiger charge is -2.24. The Labute approximate surface area is 138 Å². The van der Waals surface area contributed by atoms with Crippen molar-refractivity contribution in [1.82, 2.24) is 9.78 Å². The van der Waals surface area contributed by atoms with Crippen LogP contribution in [0.4, 0.5) is 5.82 Å². The quantitative estimate of drug-likeness (QED) is 0.898. The Hall–Kier alpha value is -1.67. The van der Waals surface area contributed by atoms with Gasteiger partial charge in [-0.2, -0.15) is 5.10 Å². The average Bonchev–Trinajstić information content (AvgIpc) is 3.18. The Kier molecular flexibility index (Phi) is 3.35. The van der Waals surface area contributed by atoms with Crippen molar-refractivity contribution < 1.29 is 13.2 Å². The number of nitrogens with zero attached hydrogens (tertiary/aromatic N) is 2. The molecule has 0 saturated carbocycles. The molecule has 4 heterocycles. The van der Waals surface area contributed by atoms with Gasteiger partial charge < -0.3 is 5.32 Å². The molecule has 4 rings (SSSR count). The summed E-state index contributed by atoms with van der Waals surface area (Å²) in [6, 6.07) is 3.83. The van der Waals surface area contributed by atoms with Crippen LogP contribution in [0.5, 0.6) is 0 Å². The molecule has 2 aromatic rings. The zero-order valence-corrected chi connectivity index (χ0v) is 14.3. The summed E-state index contributed by atoms with van der Waals surface area (Å²) in [6.45, 7) is 1.93. The summed E-state index contributed by atoms with van der Waals surface area (Å²) in [5.74, 6) is 0.927. The molecule has 0 radical (unpaired) electrons. The maximum Gasteiger partial charge on any atom is 0.226 e. The minimum Gasteiger partial charge on any atom is -0.311 e. The van der Waals surface area contributed by atoms with Crippen LogP contribution in [0.15, 0.2) is 17.5 Å². The van der Waals surface area contributed by atoms with Crippen molar-refractivity contribution in [3.63, 3.8) is 0 Å². The molecule has 1 N–H and O–H groups in total. The van der Waals surface area contributed by atoms with Gasteiger partial charge in [-0.1, -0.05) is 6.07 Å². The molecule has 122 valence electrons. The van der Waals surface area contributed by atoms with Gasteiger partial charge in [0, 0.05) is 22.8 Å². The fourth-order valence-corrected chi connectivity index (χ4v) is 6.07. The van der Waals surface area contributed by atoms with E-state index in [4.69, 9.17) is 0 Å². The molecular formula is C15H17N3O3S2. The number of hydrogen-bond acceptors (Lipinski definition) is 5. The van der Waals surface area contributed by atoms with Crippen LogP contribution in [0.1, 0.15) is 40.9 Å². The minimum absolute atomic E-state index is 0.00510. The summed E-state index contributed by atoms with van der Waals surface area (Å²) < 4.78 is 25.3. The van der Waals surface area contributed by atoms with Crippen LogP contribution in [0.25, 0.3) is 0 Å². The van der Waals surface area contributed by atoms with Crippen LogP contribution in [-0.4, -0.2) is 35.6 Å². The first-order valence-electron chi connectivity index (χ1n) is 7.57. The first-order chi connectivity index (χ1) is 10.9. The van der Waals surface area contributed by atoms with E-state index < -0.39 is 9.84 Å². The number of carbonyl (C=O) groups excluding carboxylic acids is 1. The maximum atomic E-state index is 12.2. The second-order valence-corrected chi connectivity index (χ2v) is 9.38. The summed E-state index contributed by atoms with van der Waals surface area (Å²) in [6.07, 6.45) is 0.957. The van der Waals surface area contributed by atoms with Gasteiger partial charge in [0.2, 0.25) is 5.91 Å². The third-order valence-electron chi connectivity index (χ3n) is 4.57. The third kappa shape index (κ3) is 2.49. The second-order valence-electron chi connectivity index (χ2n) is 6.17. The average molecular weight is 351 g/mol. The van der Waals surface area contributed by atoms with Crippen molar-refractivity contribution in [3.05, 3.63) is 33.6 Å². The summed E-state index contributed by atoms with van der Waals surface area (Å²) in [7, 11) is -3.00. The third-order valence-corrected chi connectivity index (χ3v) is 7.30. The van der Waals surface area contributed by atoms with E-state index in [1.807, 2.05) is 24.4 Å². The number of carbonyl (C=O) groups is 1. The molecule has 6 nitrogen and oxygen atoms in total. The summed E-state index contributed by atoms with van der Waals surface area (Å²) >= 11 is 1.63. The number of nitrogens with one attached hydrogen (secondary N) is 1. The highest BCUT2D eigenvalue weighted by atomic mass is 32.2. The number of amides is 1. The van der Waals surface area contributed by atoms with Crippen molar-refractivity contribution in [2.75, 3.05) is 16.8 Å². The number of sulfone groups is 1. The van der Waals surface area contributed by atoms with Gasteiger partial charge in [-0.25, -0.2) is 13.1 Å². The molecule has 1 saturated heterocycles. The summed E-state index contributed by atoms with van der Waals surface area (Å²) in [5, 5.41) is 9.50. The van der Waals surface area contributed by atoms with Gasteiger partial charge in [0.05, 0.1) is 23.2 Å². The zero-order valence-electron chi connectivity index (χ0n) is 12.7. The van der Waals surface area contributed by atoms with Crippen LogP contribution in [0.2, 0.25) is 0 Å². The molecule has 1 fully saturated rings. The standard InChI is InChI=1S/C15H17N3O3S2/c1-9-14-11(12-3-2-5-22-12)7-13(19)16-15(14)18(17-9)10-4-6-23(20,21)8-10/h2-3,5,10-11H,4,6-8H2,1H3,(H,16,19)/t10-,11+/m0/s1. The number of aryl methyl sites for hydroxylation is 1. The Morgan fingerprint density at radius 1 is 1.43 bits per heavy atom. The predicted octanol–water partition coefficient (Wildman–Crippen LogP) is 2.09. The van der Waals surface area contributed by atoms with Crippen LogP contribution >= 0.6 is 11.3 Å². The molecule has 8 heteroatoms. The molecule has 2 aromatic heterocycles. The summed E-state index contributed by atoms with van der Waals surface area (Å²) in [5.41, 5.74) is 1.89. The van der Waals surface area contributed by atoms with Gasteiger partial charge >= 0.3 is 0 Å². The molecule has 0 unspecified atom stereocenters. The molecule has 2 atom stereocenters. The zero-order chi connectivity index (χ0) is 16.2. The molecule has 1 amide bonds. The first kappa shape index (κ1) is 14.9. The van der Waals surface area contributed by atoms with E-state index in [1.165, 1.54) is 0 Å². The monoisotopic (exact) mass is 351 g/mol. The highest BCUT2D eigenvalue weighted by molar-refractivity contribution is 7.91. The normalized spacial score (nSPS) is 26.0. The predicted molar refractivity (Wildman–Crippen MR) is 88.7 cm³/mol. The SMILES string of the molecule is Cc1nn([C@H]2CCS(=O)(=O)C2)c2c1[C@@H](c1cccs1)CC(=O)N2. The number of thiophene rings is 1. The van der Waals surface area contributed by atoms with Gasteiger partial charge in [0.15, 0.2) is 9.84 Å². The van der Waals surface area contributed by atoms with Crippen molar-refractivity contribution in [1.29, 1.82) is 0 Å². The van der Waals surface area contributed by atoms with E-state index in [-0.39, 0.29) is 29.4 Å². The van der Waals surface area contributed by atoms with Crippen LogP contribution < -0.4 is 5.32 Å². The van der Waals surface area contributed by atoms with Gasteiger partial charge in [0.1, 0.15) is 5.82 Å². The molecule has 0 bridgehead atoms. The van der Waals surface area contributed by atoms with E-state index in [2.05, 4.69) is 10.4 Å². The molecule has 0 aliphatic carbocycles. The number of rotatable bonds is 2. The lowest BCUT2D eigenvalue weighted by atomic mass is 9.90. The topological polar surface area (TPSA) is 81.1 Å². The van der Waals surface area contributed by atoms with Crippen molar-refractivity contribution >= 4 is 32.9 Å². The highest BCUT2D eigenvalue weighted by Gasteiger charge is 2.37. The largest absolute Gasteiger partial charge is 0.311 e. The van der Waals surface area contributed by atoms with E-state index >= 15 is 0 Å². The molecular weight excluding hydrogens is 334 g/mol. The van der Waals surface area contributed by atoms with Crippen molar-refractivity contribution in [2.24, 2.45) is 0 Å². The molecule has 2 aliphatic rings. The van der Waals surface area contributed by atoms with Crippen LogP contribution in [-0.2, 0) is 14.6 Å². The molecule has 0 aromatic carbocycles. The molecule has 23 heavy (non-hydrogen) atoms. The van der Waals surface area contributed by atoms with Crippen LogP contribution in [0.3, 0.4) is 0 Å². The fourth-order valence-electron chi connectivity index (χ4n) is 3.54. The number of aromatic nitrogens is 2. The number of hydrogen-bond donors (Lipinski definition) is 1. The number of anilines is 1. The van der Waals surface area contributed by atoms with Crippen LogP contribution in [0, 0.1) is 6.92 Å². The molecule has 2 aliphatic heterocycles. The highest BCUT2D eigenvalue weighted by Crippen LogP contribution is 2.42. The summed E-state index contributed by atoms with van der Waals surface area (Å²) in [4.78, 5) is 13.3. The van der Waals surface area contributed by atoms with E-state index in [0.29, 0.717) is 18.7 Å². The lowest BCUT2D eigenvalue weighted by Crippen LogP contribution is -2.26. The molecule has 0 spiro atoms. The second kappa shape index (κ2) is 5.17. The van der Waals surface area contributed by atoms with Crippen molar-refractivity contribution in [3.8, 4) is 0 Å². The van der Waals surface area contributed by atoms with E-state index in [1.54, 1.807) is 16.0 Å². The minimum atomic E-state index is -3.00. The number of fused-ring (bicyclic) bond motifs is 1. The first-order valence-corrected chi connectivity index (χ1v) is 10.3. The van der Waals surface area contributed by atoms with Gasteiger partial charge in [-0.05, 0) is 24.8 Å². The van der Waals surface area contributed by atoms with E-state index in [0.717, 1.165) is 16.1 Å².